The number of aliphatic carboxylic acids is 1. The first kappa shape index (κ1) is 31.3. The van der Waals surface area contributed by atoms with Gasteiger partial charge in [-0.3, -0.25) is 14.9 Å². The average molecular weight is 622 g/mol. The summed E-state index contributed by atoms with van der Waals surface area (Å²) in [5, 5.41) is 33.7. The highest BCUT2D eigenvalue weighted by atomic mass is 16.7. The summed E-state index contributed by atoms with van der Waals surface area (Å²) in [5.74, 6) is 0.123. The molecule has 0 radical (unpaired) electrons. The molecule has 6 aliphatic rings. The minimum absolute atomic E-state index is 0.00479. The Morgan fingerprint density at radius 2 is 1.62 bits per heavy atom. The van der Waals surface area contributed by atoms with Crippen LogP contribution in [-0.2, 0) is 14.3 Å². The third-order valence-corrected chi connectivity index (χ3v) is 15.0. The molecule has 4 saturated carbocycles. The van der Waals surface area contributed by atoms with Crippen LogP contribution in [0.3, 0.4) is 0 Å². The Labute approximate surface area is 267 Å². The summed E-state index contributed by atoms with van der Waals surface area (Å²) in [6, 6.07) is 6.30. The fourth-order valence-corrected chi connectivity index (χ4v) is 12.3. The normalized spacial score (nSPS) is 48.4. The minimum atomic E-state index is -0.674. The fourth-order valence-electron chi connectivity index (χ4n) is 12.3. The molecule has 8 heteroatoms. The summed E-state index contributed by atoms with van der Waals surface area (Å²) < 4.78 is 12.9. The van der Waals surface area contributed by atoms with Crippen LogP contribution in [-0.4, -0.2) is 39.9 Å². The third-order valence-electron chi connectivity index (χ3n) is 15.0. The van der Waals surface area contributed by atoms with Gasteiger partial charge in [0.25, 0.3) is 5.69 Å². The van der Waals surface area contributed by atoms with E-state index in [1.54, 1.807) is 12.1 Å². The van der Waals surface area contributed by atoms with E-state index in [1.165, 1.54) is 17.7 Å². The van der Waals surface area contributed by atoms with Crippen molar-refractivity contribution in [2.45, 2.75) is 118 Å². The SMILES string of the molecule is CC1(C)CC[C@]2(C(=O)O)CC[C@]3(C)C(=CCC4[C@@]5(C)C[C@@H](O)[C@@H]6OC(c7ccc([N+](=O)[O-])cc7)OC[C@@]6(C)C5CC[C@]43C)C2C1. The number of nitro benzene ring substituents is 1. The Bertz CT molecular complexity index is 1440. The van der Waals surface area contributed by atoms with Crippen LogP contribution in [0.4, 0.5) is 5.69 Å². The van der Waals surface area contributed by atoms with Crippen molar-refractivity contribution in [2.24, 2.45) is 50.2 Å². The first-order chi connectivity index (χ1) is 21.0. The molecule has 7 rings (SSSR count). The van der Waals surface area contributed by atoms with Gasteiger partial charge in [-0.1, -0.05) is 53.2 Å². The van der Waals surface area contributed by atoms with E-state index in [0.717, 1.165) is 56.9 Å². The summed E-state index contributed by atoms with van der Waals surface area (Å²) in [5.41, 5.74) is 1.04. The number of carboxylic acids is 1. The van der Waals surface area contributed by atoms with Crippen molar-refractivity contribution < 1.29 is 29.4 Å². The second-order valence-corrected chi connectivity index (χ2v) is 17.5. The highest BCUT2D eigenvalue weighted by molar-refractivity contribution is 5.76. The third kappa shape index (κ3) is 4.16. The van der Waals surface area contributed by atoms with E-state index in [2.05, 4.69) is 47.6 Å². The summed E-state index contributed by atoms with van der Waals surface area (Å²) in [7, 11) is 0. The predicted octanol–water partition coefficient (Wildman–Crippen LogP) is 7.85. The number of hydrogen-bond donors (Lipinski definition) is 2. The summed E-state index contributed by atoms with van der Waals surface area (Å²) in [4.78, 5) is 23.7. The maximum atomic E-state index is 13.0. The molecule has 0 spiro atoms. The number of ether oxygens (including phenoxy) is 2. The van der Waals surface area contributed by atoms with E-state index >= 15 is 0 Å². The van der Waals surface area contributed by atoms with Gasteiger partial charge < -0.3 is 19.7 Å². The van der Waals surface area contributed by atoms with Crippen LogP contribution in [0.2, 0.25) is 0 Å². The monoisotopic (exact) mass is 621 g/mol. The predicted molar refractivity (Wildman–Crippen MR) is 169 cm³/mol. The zero-order chi connectivity index (χ0) is 32.4. The lowest BCUT2D eigenvalue weighted by atomic mass is 9.33. The van der Waals surface area contributed by atoms with Crippen molar-refractivity contribution in [3.8, 4) is 0 Å². The molecule has 11 atom stereocenters. The summed E-state index contributed by atoms with van der Waals surface area (Å²) in [6.07, 6.45) is 8.70. The van der Waals surface area contributed by atoms with Crippen molar-refractivity contribution in [1.82, 2.24) is 0 Å². The van der Waals surface area contributed by atoms with Crippen molar-refractivity contribution in [1.29, 1.82) is 0 Å². The van der Waals surface area contributed by atoms with Gasteiger partial charge in [0.2, 0.25) is 0 Å². The average Bonchev–Trinajstić information content (AvgIpc) is 2.97. The van der Waals surface area contributed by atoms with Crippen molar-refractivity contribution in [2.75, 3.05) is 6.61 Å². The van der Waals surface area contributed by atoms with Crippen molar-refractivity contribution in [3.05, 3.63) is 51.6 Å². The smallest absolute Gasteiger partial charge is 0.310 e. The summed E-state index contributed by atoms with van der Waals surface area (Å²) in [6.45, 7) is 14.7. The number of aliphatic hydroxyl groups is 1. The van der Waals surface area contributed by atoms with Gasteiger partial charge in [-0.25, -0.2) is 0 Å². The number of benzene rings is 1. The minimum Gasteiger partial charge on any atom is -0.481 e. The number of rotatable bonds is 3. The number of carbonyl (C=O) groups is 1. The van der Waals surface area contributed by atoms with Crippen LogP contribution in [0.25, 0.3) is 0 Å². The number of aliphatic hydroxyl groups excluding tert-OH is 1. The van der Waals surface area contributed by atoms with Gasteiger partial charge in [0, 0.05) is 23.1 Å². The number of allylic oxidation sites excluding steroid dienone is 2. The largest absolute Gasteiger partial charge is 0.481 e. The Kier molecular flexibility index (Phi) is 6.87. The Hall–Kier alpha value is -2.29. The number of nitro groups is 1. The molecule has 4 unspecified atom stereocenters. The molecule has 1 aromatic carbocycles. The van der Waals surface area contributed by atoms with Crippen LogP contribution in [0.1, 0.15) is 111 Å². The van der Waals surface area contributed by atoms with Gasteiger partial charge in [0.05, 0.1) is 29.2 Å². The molecular formula is C37H51NO7. The molecule has 0 bridgehead atoms. The molecule has 1 aliphatic heterocycles. The van der Waals surface area contributed by atoms with Gasteiger partial charge >= 0.3 is 5.97 Å². The first-order valence-electron chi connectivity index (χ1n) is 17.1. The Morgan fingerprint density at radius 1 is 0.933 bits per heavy atom. The highest BCUT2D eigenvalue weighted by Crippen LogP contribution is 2.76. The van der Waals surface area contributed by atoms with Gasteiger partial charge in [0.1, 0.15) is 0 Å². The standard InChI is InChI=1S/C37H51NO7/c1-32(2)15-17-37(31(40)41)18-16-35(5)24(25(37)19-32)11-12-28-33(3)20-26(39)29-34(4,27(33)13-14-36(28,35)6)21-44-30(45-29)22-7-9-23(10-8-22)38(42)43/h7-11,25-30,39H,12-21H2,1-6H3,(H,40,41)/t25?,26-,27?,28?,29+,30?,33+,34+,35-,36-,37+/m1/s1. The number of nitrogens with zero attached hydrogens (tertiary/aromatic N) is 1. The molecule has 0 amide bonds. The highest BCUT2D eigenvalue weighted by Gasteiger charge is 2.71. The van der Waals surface area contributed by atoms with Gasteiger partial charge in [-0.2, -0.15) is 0 Å². The van der Waals surface area contributed by atoms with Gasteiger partial charge in [0.15, 0.2) is 6.29 Å². The van der Waals surface area contributed by atoms with E-state index in [9.17, 15) is 25.1 Å². The zero-order valence-electron chi connectivity index (χ0n) is 27.8. The molecule has 5 aliphatic carbocycles. The molecule has 45 heavy (non-hydrogen) atoms. The molecule has 246 valence electrons. The number of fused-ring (bicyclic) bond motifs is 9. The van der Waals surface area contributed by atoms with Crippen LogP contribution in [0.5, 0.6) is 0 Å². The Morgan fingerprint density at radius 3 is 2.29 bits per heavy atom. The molecule has 8 nitrogen and oxygen atoms in total. The molecule has 5 fully saturated rings. The van der Waals surface area contributed by atoms with Gasteiger partial charge in [-0.15, -0.1) is 0 Å². The molecule has 1 aromatic rings. The molecular weight excluding hydrogens is 570 g/mol. The van der Waals surface area contributed by atoms with Crippen LogP contribution >= 0.6 is 0 Å². The van der Waals surface area contributed by atoms with E-state index in [4.69, 9.17) is 9.47 Å². The quantitative estimate of drug-likeness (QED) is 0.200. The van der Waals surface area contributed by atoms with E-state index in [1.807, 2.05) is 0 Å². The Balaban J connectivity index is 1.20. The number of carboxylic acid groups (broad SMARTS) is 1. The van der Waals surface area contributed by atoms with E-state index < -0.39 is 34.8 Å². The molecule has 2 N–H and O–H groups in total. The van der Waals surface area contributed by atoms with Crippen molar-refractivity contribution in [3.63, 3.8) is 0 Å². The number of non-ortho nitro benzene ring substituents is 1. The van der Waals surface area contributed by atoms with Crippen molar-refractivity contribution >= 4 is 11.7 Å². The number of hydrogen-bond acceptors (Lipinski definition) is 6. The lowest BCUT2D eigenvalue weighted by molar-refractivity contribution is -0.385. The van der Waals surface area contributed by atoms with E-state index in [0.29, 0.717) is 24.9 Å². The van der Waals surface area contributed by atoms with Crippen LogP contribution in [0.15, 0.2) is 35.9 Å². The second-order valence-electron chi connectivity index (χ2n) is 17.5. The topological polar surface area (TPSA) is 119 Å². The maximum absolute atomic E-state index is 13.0. The summed E-state index contributed by atoms with van der Waals surface area (Å²) >= 11 is 0. The zero-order valence-corrected chi connectivity index (χ0v) is 27.8. The fraction of sp³-hybridized carbons (Fsp3) is 0.757. The van der Waals surface area contributed by atoms with Crippen LogP contribution in [0, 0.1) is 60.4 Å². The van der Waals surface area contributed by atoms with Gasteiger partial charge in [-0.05, 0) is 109 Å². The van der Waals surface area contributed by atoms with E-state index in [-0.39, 0.29) is 38.7 Å². The second kappa shape index (κ2) is 9.86. The molecule has 0 aromatic heterocycles. The van der Waals surface area contributed by atoms with Crippen LogP contribution < -0.4 is 0 Å². The lowest BCUT2D eigenvalue weighted by Crippen LogP contribution is -2.69. The lowest BCUT2D eigenvalue weighted by Gasteiger charge is -2.72. The molecule has 1 heterocycles. The molecule has 1 saturated heterocycles. The maximum Gasteiger partial charge on any atom is 0.310 e. The first-order valence-corrected chi connectivity index (χ1v) is 17.1.